The molecule has 0 aromatic heterocycles. The van der Waals surface area contributed by atoms with E-state index in [4.69, 9.17) is 9.47 Å². The van der Waals surface area contributed by atoms with Gasteiger partial charge < -0.3 is 14.2 Å². The zero-order chi connectivity index (χ0) is 18.6. The summed E-state index contributed by atoms with van der Waals surface area (Å²) in [5.41, 5.74) is -0.246. The average Bonchev–Trinajstić information content (AvgIpc) is 2.53. The van der Waals surface area contributed by atoms with Gasteiger partial charge in [0, 0.05) is 13.0 Å². The number of hydrogen-bond acceptors (Lipinski definition) is 6. The fourth-order valence-corrected chi connectivity index (χ4v) is 2.38. The van der Waals surface area contributed by atoms with E-state index in [1.165, 1.54) is 12.0 Å². The van der Waals surface area contributed by atoms with E-state index in [9.17, 15) is 14.4 Å². The lowest BCUT2D eigenvalue weighted by Crippen LogP contribution is -2.50. The van der Waals surface area contributed by atoms with Crippen molar-refractivity contribution in [2.45, 2.75) is 45.4 Å². The van der Waals surface area contributed by atoms with Crippen molar-refractivity contribution in [2.75, 3.05) is 13.7 Å². The van der Waals surface area contributed by atoms with Crippen LogP contribution in [0.25, 0.3) is 0 Å². The summed E-state index contributed by atoms with van der Waals surface area (Å²) in [6.07, 6.45) is -0.880. The lowest BCUT2D eigenvalue weighted by molar-refractivity contribution is -0.127. The van der Waals surface area contributed by atoms with Crippen LogP contribution in [-0.4, -0.2) is 48.2 Å². The zero-order valence-corrected chi connectivity index (χ0v) is 14.9. The molecule has 1 aromatic carbocycles. The number of amides is 1. The fourth-order valence-electron chi connectivity index (χ4n) is 2.38. The lowest BCUT2D eigenvalue weighted by Gasteiger charge is -2.35. The van der Waals surface area contributed by atoms with Gasteiger partial charge in [0.1, 0.15) is 17.1 Å². The van der Waals surface area contributed by atoms with E-state index in [-0.39, 0.29) is 25.2 Å². The van der Waals surface area contributed by atoms with Gasteiger partial charge in [-0.2, -0.15) is 0 Å². The van der Waals surface area contributed by atoms with Crippen LogP contribution in [0.15, 0.2) is 24.3 Å². The van der Waals surface area contributed by atoms with Crippen LogP contribution in [0.4, 0.5) is 4.79 Å². The van der Waals surface area contributed by atoms with E-state index < -0.39 is 23.9 Å². The summed E-state index contributed by atoms with van der Waals surface area (Å²) < 4.78 is 15.8. The van der Waals surface area contributed by atoms with Gasteiger partial charge in [-0.05, 0) is 45.0 Å². The van der Waals surface area contributed by atoms with Crippen molar-refractivity contribution in [3.8, 4) is 5.75 Å². The van der Waals surface area contributed by atoms with Crippen molar-refractivity contribution < 1.29 is 28.6 Å². The van der Waals surface area contributed by atoms with Crippen molar-refractivity contribution in [3.63, 3.8) is 0 Å². The first-order valence-corrected chi connectivity index (χ1v) is 8.06. The molecule has 0 N–H and O–H groups in total. The average molecular weight is 349 g/mol. The molecule has 0 radical (unpaired) electrons. The predicted molar refractivity (Wildman–Crippen MR) is 89.4 cm³/mol. The number of ketones is 1. The minimum absolute atomic E-state index is 0.0241. The molecular formula is C18H23NO6. The first-order valence-electron chi connectivity index (χ1n) is 8.06. The minimum Gasteiger partial charge on any atom is -0.470 e. The molecule has 0 bridgehead atoms. The third-order valence-corrected chi connectivity index (χ3v) is 3.56. The Kier molecular flexibility index (Phi) is 5.66. The standard InChI is InChI=1S/C18H23NO6/c1-18(2,3)25-17(22)19-10-9-13(20)11-15(19)24-14-7-5-12(6-8-14)16(21)23-4/h5-8,15H,9-11H2,1-4H3. The molecule has 2 rings (SSSR count). The SMILES string of the molecule is COC(=O)c1ccc(OC2CC(=O)CCN2C(=O)OC(C)(C)C)cc1. The van der Waals surface area contributed by atoms with Gasteiger partial charge in [-0.15, -0.1) is 0 Å². The van der Waals surface area contributed by atoms with Gasteiger partial charge in [-0.25, -0.2) is 9.59 Å². The molecule has 1 aliphatic rings. The van der Waals surface area contributed by atoms with E-state index in [0.29, 0.717) is 11.3 Å². The molecule has 1 heterocycles. The van der Waals surface area contributed by atoms with Crippen LogP contribution >= 0.6 is 0 Å². The van der Waals surface area contributed by atoms with Gasteiger partial charge in [0.15, 0.2) is 6.23 Å². The van der Waals surface area contributed by atoms with Crippen LogP contribution in [0.1, 0.15) is 44.0 Å². The van der Waals surface area contributed by atoms with Crippen molar-refractivity contribution >= 4 is 17.8 Å². The predicted octanol–water partition coefficient (Wildman–Crippen LogP) is 2.78. The number of likely N-dealkylation sites (tertiary alicyclic amines) is 1. The Morgan fingerprint density at radius 3 is 2.36 bits per heavy atom. The number of rotatable bonds is 3. The van der Waals surface area contributed by atoms with E-state index in [2.05, 4.69) is 4.74 Å². The number of benzene rings is 1. The lowest BCUT2D eigenvalue weighted by atomic mass is 10.1. The smallest absolute Gasteiger partial charge is 0.413 e. The number of carbonyl (C=O) groups is 3. The van der Waals surface area contributed by atoms with E-state index >= 15 is 0 Å². The minimum atomic E-state index is -0.736. The van der Waals surface area contributed by atoms with Crippen molar-refractivity contribution in [2.24, 2.45) is 0 Å². The van der Waals surface area contributed by atoms with Gasteiger partial charge in [0.05, 0.1) is 19.1 Å². The second-order valence-corrected chi connectivity index (χ2v) is 6.75. The second kappa shape index (κ2) is 7.55. The van der Waals surface area contributed by atoms with Crippen molar-refractivity contribution in [3.05, 3.63) is 29.8 Å². The normalized spacial score (nSPS) is 17.8. The first kappa shape index (κ1) is 18.8. The largest absolute Gasteiger partial charge is 0.470 e. The Labute approximate surface area is 146 Å². The maximum absolute atomic E-state index is 12.4. The number of Topliss-reactive ketones (excluding diaryl/α,β-unsaturated/α-hetero) is 1. The van der Waals surface area contributed by atoms with Crippen LogP contribution in [0, 0.1) is 0 Å². The Bertz CT molecular complexity index is 647. The molecule has 0 spiro atoms. The van der Waals surface area contributed by atoms with Crippen LogP contribution < -0.4 is 4.74 Å². The fraction of sp³-hybridized carbons (Fsp3) is 0.500. The molecule has 1 atom stereocenters. The number of methoxy groups -OCH3 is 1. The van der Waals surface area contributed by atoms with Gasteiger partial charge >= 0.3 is 12.1 Å². The molecule has 1 fully saturated rings. The monoisotopic (exact) mass is 349 g/mol. The summed E-state index contributed by atoms with van der Waals surface area (Å²) >= 11 is 0. The molecule has 1 amide bonds. The summed E-state index contributed by atoms with van der Waals surface area (Å²) in [6, 6.07) is 6.31. The molecule has 1 saturated heterocycles. The van der Waals surface area contributed by atoms with E-state index in [0.717, 1.165) is 0 Å². The number of hydrogen-bond donors (Lipinski definition) is 0. The molecule has 7 nitrogen and oxygen atoms in total. The molecule has 1 aromatic rings. The highest BCUT2D eigenvalue weighted by molar-refractivity contribution is 5.89. The van der Waals surface area contributed by atoms with E-state index in [1.54, 1.807) is 45.0 Å². The van der Waals surface area contributed by atoms with Crippen molar-refractivity contribution in [1.82, 2.24) is 4.90 Å². The summed E-state index contributed by atoms with van der Waals surface area (Å²) in [6.45, 7) is 5.59. The highest BCUT2D eigenvalue weighted by Gasteiger charge is 2.34. The molecule has 0 saturated carbocycles. The molecule has 136 valence electrons. The molecule has 25 heavy (non-hydrogen) atoms. The Balaban J connectivity index is 2.11. The molecule has 1 unspecified atom stereocenters. The van der Waals surface area contributed by atoms with Crippen LogP contribution in [-0.2, 0) is 14.3 Å². The third-order valence-electron chi connectivity index (χ3n) is 3.56. The molecule has 0 aliphatic carbocycles. The molecule has 7 heteroatoms. The highest BCUT2D eigenvalue weighted by atomic mass is 16.6. The van der Waals surface area contributed by atoms with Crippen LogP contribution in [0.2, 0.25) is 0 Å². The maximum atomic E-state index is 12.4. The summed E-state index contributed by atoms with van der Waals surface area (Å²) in [5.74, 6) is 0.0201. The number of esters is 1. The van der Waals surface area contributed by atoms with Gasteiger partial charge in [-0.1, -0.05) is 0 Å². The topological polar surface area (TPSA) is 82.1 Å². The number of carbonyl (C=O) groups excluding carboxylic acids is 3. The number of ether oxygens (including phenoxy) is 3. The number of nitrogens with zero attached hydrogens (tertiary/aromatic N) is 1. The Hall–Kier alpha value is -2.57. The third kappa shape index (κ3) is 5.20. The summed E-state index contributed by atoms with van der Waals surface area (Å²) in [7, 11) is 1.30. The second-order valence-electron chi connectivity index (χ2n) is 6.75. The molecule has 1 aliphatic heterocycles. The van der Waals surface area contributed by atoms with E-state index in [1.807, 2.05) is 0 Å². The van der Waals surface area contributed by atoms with Crippen LogP contribution in [0.3, 0.4) is 0 Å². The van der Waals surface area contributed by atoms with Gasteiger partial charge in [0.2, 0.25) is 0 Å². The quantitative estimate of drug-likeness (QED) is 0.781. The highest BCUT2D eigenvalue weighted by Crippen LogP contribution is 2.23. The Morgan fingerprint density at radius 1 is 1.16 bits per heavy atom. The zero-order valence-electron chi connectivity index (χ0n) is 14.9. The molecular weight excluding hydrogens is 326 g/mol. The first-order chi connectivity index (χ1) is 11.7. The summed E-state index contributed by atoms with van der Waals surface area (Å²) in [4.78, 5) is 37.0. The van der Waals surface area contributed by atoms with Crippen LogP contribution in [0.5, 0.6) is 5.75 Å². The Morgan fingerprint density at radius 2 is 1.80 bits per heavy atom. The van der Waals surface area contributed by atoms with Gasteiger partial charge in [-0.3, -0.25) is 9.69 Å². The van der Waals surface area contributed by atoms with Crippen molar-refractivity contribution in [1.29, 1.82) is 0 Å². The summed E-state index contributed by atoms with van der Waals surface area (Å²) in [5, 5.41) is 0. The number of piperidine rings is 1. The maximum Gasteiger partial charge on any atom is 0.413 e. The van der Waals surface area contributed by atoms with Gasteiger partial charge in [0.25, 0.3) is 0 Å².